The molecule has 0 aliphatic carbocycles. The molecule has 1 rings (SSSR count). The van der Waals surface area contributed by atoms with Crippen LogP contribution in [0.15, 0.2) is 0 Å². The lowest BCUT2D eigenvalue weighted by molar-refractivity contribution is -0.131. The van der Waals surface area contributed by atoms with Crippen LogP contribution in [0.2, 0.25) is 0 Å². The quantitative estimate of drug-likeness (QED) is 0.596. The second-order valence-electron chi connectivity index (χ2n) is 3.51. The van der Waals surface area contributed by atoms with Crippen molar-refractivity contribution in [3.05, 3.63) is 0 Å². The fourth-order valence-corrected chi connectivity index (χ4v) is 2.65. The van der Waals surface area contributed by atoms with Gasteiger partial charge in [-0.3, -0.25) is 4.79 Å². The topological polar surface area (TPSA) is 106 Å². The highest BCUT2D eigenvalue weighted by Gasteiger charge is 2.37. The molecule has 82 valence electrons. The third kappa shape index (κ3) is 2.23. The highest BCUT2D eigenvalue weighted by Crippen LogP contribution is 2.20. The third-order valence-electron chi connectivity index (χ3n) is 2.25. The summed E-state index contributed by atoms with van der Waals surface area (Å²) in [7, 11) is -3.68. The van der Waals surface area contributed by atoms with Crippen molar-refractivity contribution in [1.82, 2.24) is 4.90 Å². The van der Waals surface area contributed by atoms with Crippen molar-refractivity contribution >= 4 is 15.9 Å². The lowest BCUT2D eigenvalue weighted by Crippen LogP contribution is -2.48. The van der Waals surface area contributed by atoms with Crippen molar-refractivity contribution in [3.8, 4) is 0 Å². The minimum Gasteiger partial charge on any atom is -0.323 e. The summed E-state index contributed by atoms with van der Waals surface area (Å²) in [6.45, 7) is 1.95. The molecule has 1 aliphatic rings. The fourth-order valence-electron chi connectivity index (χ4n) is 1.59. The van der Waals surface area contributed by atoms with Gasteiger partial charge in [0.1, 0.15) is 5.37 Å². The van der Waals surface area contributed by atoms with Crippen LogP contribution in [0.5, 0.6) is 0 Å². The van der Waals surface area contributed by atoms with Gasteiger partial charge in [-0.25, -0.2) is 13.6 Å². The van der Waals surface area contributed by atoms with Crippen molar-refractivity contribution in [2.75, 3.05) is 6.54 Å². The van der Waals surface area contributed by atoms with Crippen LogP contribution in [-0.2, 0) is 14.8 Å². The summed E-state index contributed by atoms with van der Waals surface area (Å²) in [4.78, 5) is 12.7. The maximum atomic E-state index is 11.5. The van der Waals surface area contributed by atoms with Gasteiger partial charge in [-0.05, 0) is 19.8 Å². The van der Waals surface area contributed by atoms with Gasteiger partial charge in [0, 0.05) is 6.54 Å². The zero-order valence-corrected chi connectivity index (χ0v) is 8.83. The molecule has 6 nitrogen and oxygen atoms in total. The van der Waals surface area contributed by atoms with Gasteiger partial charge in [0.25, 0.3) is 0 Å². The molecule has 0 aromatic rings. The van der Waals surface area contributed by atoms with Crippen molar-refractivity contribution in [2.24, 2.45) is 10.9 Å². The average molecular weight is 221 g/mol. The molecule has 1 heterocycles. The summed E-state index contributed by atoms with van der Waals surface area (Å²) in [5.41, 5.74) is 5.39. The second-order valence-corrected chi connectivity index (χ2v) is 5.23. The highest BCUT2D eigenvalue weighted by atomic mass is 32.2. The van der Waals surface area contributed by atoms with Gasteiger partial charge in [0.2, 0.25) is 15.9 Å². The van der Waals surface area contributed by atoms with Gasteiger partial charge in [-0.2, -0.15) is 0 Å². The SMILES string of the molecule is C[C@H](N)C(=O)N1CCC[C@H]1S(N)(=O)=O. The number of sulfonamides is 1. The van der Waals surface area contributed by atoms with E-state index in [0.29, 0.717) is 19.4 Å². The molecule has 1 saturated heterocycles. The Bertz CT molecular complexity index is 325. The molecule has 1 aliphatic heterocycles. The van der Waals surface area contributed by atoms with E-state index in [4.69, 9.17) is 10.9 Å². The van der Waals surface area contributed by atoms with Gasteiger partial charge in [0.05, 0.1) is 6.04 Å². The first-order valence-electron chi connectivity index (χ1n) is 4.41. The molecule has 1 amide bonds. The van der Waals surface area contributed by atoms with E-state index in [1.54, 1.807) is 0 Å². The van der Waals surface area contributed by atoms with Crippen LogP contribution in [0.25, 0.3) is 0 Å². The largest absolute Gasteiger partial charge is 0.323 e. The summed E-state index contributed by atoms with van der Waals surface area (Å²) in [5.74, 6) is -0.360. The van der Waals surface area contributed by atoms with Crippen molar-refractivity contribution in [2.45, 2.75) is 31.2 Å². The summed E-state index contributed by atoms with van der Waals surface area (Å²) >= 11 is 0. The molecule has 0 aromatic heterocycles. The molecule has 14 heavy (non-hydrogen) atoms. The minimum atomic E-state index is -3.68. The summed E-state index contributed by atoms with van der Waals surface area (Å²) in [6, 6.07) is -0.683. The van der Waals surface area contributed by atoms with E-state index in [9.17, 15) is 13.2 Å². The van der Waals surface area contributed by atoms with Crippen LogP contribution in [0.1, 0.15) is 19.8 Å². The number of primary sulfonamides is 1. The average Bonchev–Trinajstić information content (AvgIpc) is 2.48. The molecule has 0 radical (unpaired) electrons. The van der Waals surface area contributed by atoms with Crippen LogP contribution in [0, 0.1) is 0 Å². The fraction of sp³-hybridized carbons (Fsp3) is 0.857. The number of hydrogen-bond donors (Lipinski definition) is 2. The first kappa shape index (κ1) is 11.4. The van der Waals surface area contributed by atoms with Crippen molar-refractivity contribution in [1.29, 1.82) is 0 Å². The van der Waals surface area contributed by atoms with Gasteiger partial charge in [-0.1, -0.05) is 0 Å². The van der Waals surface area contributed by atoms with E-state index < -0.39 is 21.4 Å². The van der Waals surface area contributed by atoms with E-state index in [1.165, 1.54) is 11.8 Å². The minimum absolute atomic E-state index is 0.360. The molecule has 0 aromatic carbocycles. The van der Waals surface area contributed by atoms with E-state index >= 15 is 0 Å². The van der Waals surface area contributed by atoms with E-state index in [0.717, 1.165) is 0 Å². The monoisotopic (exact) mass is 221 g/mol. The number of rotatable bonds is 2. The number of carbonyl (C=O) groups is 1. The van der Waals surface area contributed by atoms with Gasteiger partial charge in [0.15, 0.2) is 0 Å². The number of nitrogens with zero attached hydrogens (tertiary/aromatic N) is 1. The predicted molar refractivity (Wildman–Crippen MR) is 51.5 cm³/mol. The zero-order valence-electron chi connectivity index (χ0n) is 8.01. The van der Waals surface area contributed by atoms with Crippen LogP contribution in [0.4, 0.5) is 0 Å². The maximum absolute atomic E-state index is 11.5. The van der Waals surface area contributed by atoms with Gasteiger partial charge in [-0.15, -0.1) is 0 Å². The van der Waals surface area contributed by atoms with Gasteiger partial charge < -0.3 is 10.6 Å². The van der Waals surface area contributed by atoms with Crippen LogP contribution >= 0.6 is 0 Å². The van der Waals surface area contributed by atoms with Crippen molar-refractivity contribution in [3.63, 3.8) is 0 Å². The Balaban J connectivity index is 2.85. The first-order chi connectivity index (χ1) is 6.34. The number of carbonyl (C=O) groups excluding carboxylic acids is 1. The molecule has 0 bridgehead atoms. The Morgan fingerprint density at radius 2 is 2.14 bits per heavy atom. The lowest BCUT2D eigenvalue weighted by atomic mass is 10.3. The van der Waals surface area contributed by atoms with Crippen LogP contribution in [0.3, 0.4) is 0 Å². The smallest absolute Gasteiger partial charge is 0.240 e. The Morgan fingerprint density at radius 3 is 2.57 bits per heavy atom. The van der Waals surface area contributed by atoms with E-state index in [-0.39, 0.29) is 5.91 Å². The molecule has 0 unspecified atom stereocenters. The summed E-state index contributed by atoms with van der Waals surface area (Å²) in [5, 5.41) is 4.12. The second kappa shape index (κ2) is 3.84. The molecule has 0 saturated carbocycles. The predicted octanol–water partition coefficient (Wildman–Crippen LogP) is -1.43. The molecule has 0 spiro atoms. The summed E-state index contributed by atoms with van der Waals surface area (Å²) in [6.07, 6.45) is 1.05. The standard InChI is InChI=1S/C7H15N3O3S/c1-5(8)7(11)10-4-2-3-6(10)14(9,12)13/h5-6H,2-4,8H2,1H3,(H2,9,12,13)/t5-,6+/m0/s1. The van der Waals surface area contributed by atoms with Crippen LogP contribution in [-0.4, -0.2) is 37.2 Å². The van der Waals surface area contributed by atoms with E-state index in [2.05, 4.69) is 0 Å². The molecule has 1 fully saturated rings. The molecule has 7 heteroatoms. The van der Waals surface area contributed by atoms with Crippen LogP contribution < -0.4 is 10.9 Å². The summed E-state index contributed by atoms with van der Waals surface area (Å²) < 4.78 is 22.2. The lowest BCUT2D eigenvalue weighted by Gasteiger charge is -2.24. The van der Waals surface area contributed by atoms with E-state index in [1.807, 2.05) is 0 Å². The Kier molecular flexibility index (Phi) is 3.13. The number of hydrogen-bond acceptors (Lipinski definition) is 4. The number of amides is 1. The Labute approximate surface area is 83.3 Å². The third-order valence-corrected chi connectivity index (χ3v) is 3.50. The zero-order chi connectivity index (χ0) is 10.9. The normalized spacial score (nSPS) is 25.1. The first-order valence-corrected chi connectivity index (χ1v) is 6.02. The highest BCUT2D eigenvalue weighted by molar-refractivity contribution is 7.89. The molecule has 4 N–H and O–H groups in total. The number of likely N-dealkylation sites (tertiary alicyclic amines) is 1. The maximum Gasteiger partial charge on any atom is 0.240 e. The number of nitrogens with two attached hydrogens (primary N) is 2. The molecule has 2 atom stereocenters. The molecular formula is C7H15N3O3S. The van der Waals surface area contributed by atoms with Gasteiger partial charge >= 0.3 is 0 Å². The molecular weight excluding hydrogens is 206 g/mol. The van der Waals surface area contributed by atoms with Crippen molar-refractivity contribution < 1.29 is 13.2 Å². The Morgan fingerprint density at radius 1 is 1.57 bits per heavy atom. The Hall–Kier alpha value is -0.660.